The van der Waals surface area contributed by atoms with Crippen LogP contribution < -0.4 is 4.72 Å². The maximum Gasteiger partial charge on any atom is 0.253 e. The first-order valence-corrected chi connectivity index (χ1v) is 11.1. The first-order valence-electron chi connectivity index (χ1n) is 9.25. The third kappa shape index (κ3) is 5.11. The van der Waals surface area contributed by atoms with Crippen LogP contribution in [0.5, 0.6) is 0 Å². The van der Waals surface area contributed by atoms with Gasteiger partial charge in [-0.15, -0.1) is 0 Å². The predicted molar refractivity (Wildman–Crippen MR) is 110 cm³/mol. The summed E-state index contributed by atoms with van der Waals surface area (Å²) in [7, 11) is -3.58. The molecular formula is C20H24ClN3O3S. The van der Waals surface area contributed by atoms with Crippen LogP contribution in [0, 0.1) is 0 Å². The molecule has 0 aliphatic carbocycles. The zero-order valence-corrected chi connectivity index (χ0v) is 17.3. The number of carbonyl (C=O) groups excluding carboxylic acids is 1. The van der Waals surface area contributed by atoms with Gasteiger partial charge in [-0.05, 0) is 35.9 Å². The lowest BCUT2D eigenvalue weighted by Crippen LogP contribution is -2.48. The van der Waals surface area contributed by atoms with Gasteiger partial charge in [-0.1, -0.05) is 36.7 Å². The molecule has 8 heteroatoms. The van der Waals surface area contributed by atoms with Gasteiger partial charge in [-0.2, -0.15) is 0 Å². The van der Waals surface area contributed by atoms with Crippen LogP contribution in [0.25, 0.3) is 0 Å². The van der Waals surface area contributed by atoms with Crippen molar-refractivity contribution in [3.8, 4) is 0 Å². The molecule has 0 atom stereocenters. The van der Waals surface area contributed by atoms with Gasteiger partial charge < -0.3 is 4.90 Å². The third-order valence-electron chi connectivity index (χ3n) is 4.68. The summed E-state index contributed by atoms with van der Waals surface area (Å²) in [6, 6.07) is 14.0. The molecule has 28 heavy (non-hydrogen) atoms. The number of sulfonamides is 1. The van der Waals surface area contributed by atoms with Crippen molar-refractivity contribution in [3.63, 3.8) is 0 Å². The van der Waals surface area contributed by atoms with Crippen LogP contribution >= 0.6 is 11.6 Å². The van der Waals surface area contributed by atoms with Gasteiger partial charge >= 0.3 is 0 Å². The van der Waals surface area contributed by atoms with E-state index < -0.39 is 10.0 Å². The quantitative estimate of drug-likeness (QED) is 0.778. The van der Waals surface area contributed by atoms with Gasteiger partial charge in [0.15, 0.2) is 0 Å². The van der Waals surface area contributed by atoms with Crippen molar-refractivity contribution in [2.24, 2.45) is 0 Å². The van der Waals surface area contributed by atoms with E-state index in [4.69, 9.17) is 11.6 Å². The summed E-state index contributed by atoms with van der Waals surface area (Å²) in [6.07, 6.45) is 0. The van der Waals surface area contributed by atoms with E-state index in [1.54, 1.807) is 24.0 Å². The summed E-state index contributed by atoms with van der Waals surface area (Å²) in [5.74, 6) is -0.143. The molecule has 1 fully saturated rings. The van der Waals surface area contributed by atoms with Crippen molar-refractivity contribution in [1.29, 1.82) is 0 Å². The van der Waals surface area contributed by atoms with Crippen LogP contribution in [-0.2, 0) is 16.6 Å². The number of nitrogens with zero attached hydrogens (tertiary/aromatic N) is 2. The van der Waals surface area contributed by atoms with E-state index >= 15 is 0 Å². The highest BCUT2D eigenvalue weighted by Gasteiger charge is 2.23. The molecule has 0 radical (unpaired) electrons. The highest BCUT2D eigenvalue weighted by atomic mass is 35.5. The molecule has 1 saturated heterocycles. The summed E-state index contributed by atoms with van der Waals surface area (Å²) in [4.78, 5) is 17.0. The van der Waals surface area contributed by atoms with Crippen molar-refractivity contribution in [2.75, 3.05) is 32.7 Å². The molecule has 6 nitrogen and oxygen atoms in total. The Hall–Kier alpha value is -1.93. The number of halogens is 1. The monoisotopic (exact) mass is 421 g/mol. The SMILES string of the molecule is CCNS(=O)(=O)c1cccc(C(=O)N2CCN(Cc3cccc(Cl)c3)CC2)c1. The lowest BCUT2D eigenvalue weighted by atomic mass is 10.1. The predicted octanol–water partition coefficient (Wildman–Crippen LogP) is 2.60. The Balaban J connectivity index is 1.62. The minimum Gasteiger partial charge on any atom is -0.336 e. The van der Waals surface area contributed by atoms with E-state index in [0.29, 0.717) is 25.2 Å². The zero-order valence-electron chi connectivity index (χ0n) is 15.8. The van der Waals surface area contributed by atoms with Crippen molar-refractivity contribution < 1.29 is 13.2 Å². The van der Waals surface area contributed by atoms with Crippen molar-refractivity contribution in [3.05, 3.63) is 64.7 Å². The Morgan fingerprint density at radius 2 is 1.79 bits per heavy atom. The fraction of sp³-hybridized carbons (Fsp3) is 0.350. The number of amides is 1. The normalized spacial score (nSPS) is 15.6. The topological polar surface area (TPSA) is 69.7 Å². The lowest BCUT2D eigenvalue weighted by Gasteiger charge is -2.34. The number of rotatable bonds is 6. The molecule has 150 valence electrons. The van der Waals surface area contributed by atoms with Crippen LogP contribution in [0.3, 0.4) is 0 Å². The van der Waals surface area contributed by atoms with Crippen molar-refractivity contribution in [1.82, 2.24) is 14.5 Å². The third-order valence-corrected chi connectivity index (χ3v) is 6.46. The fourth-order valence-electron chi connectivity index (χ4n) is 3.25. The number of piperazine rings is 1. The molecule has 1 aliphatic rings. The van der Waals surface area contributed by atoms with Gasteiger partial charge in [0.25, 0.3) is 5.91 Å². The molecule has 2 aromatic carbocycles. The maximum absolute atomic E-state index is 12.8. The summed E-state index contributed by atoms with van der Waals surface area (Å²) in [6.45, 7) is 5.53. The zero-order chi connectivity index (χ0) is 20.1. The smallest absolute Gasteiger partial charge is 0.253 e. The Bertz CT molecular complexity index is 941. The van der Waals surface area contributed by atoms with Gasteiger partial charge in [0, 0.05) is 49.9 Å². The van der Waals surface area contributed by atoms with Crippen LogP contribution in [0.15, 0.2) is 53.4 Å². The minimum atomic E-state index is -3.58. The molecule has 0 spiro atoms. The van der Waals surface area contributed by atoms with Crippen LogP contribution in [0.4, 0.5) is 0 Å². The second kappa shape index (κ2) is 9.05. The summed E-state index contributed by atoms with van der Waals surface area (Å²) in [5, 5.41) is 0.721. The highest BCUT2D eigenvalue weighted by molar-refractivity contribution is 7.89. The summed E-state index contributed by atoms with van der Waals surface area (Å²) < 4.78 is 26.8. The maximum atomic E-state index is 12.8. The molecule has 3 rings (SSSR count). The molecule has 0 bridgehead atoms. The van der Waals surface area contributed by atoms with Gasteiger partial charge in [0.1, 0.15) is 0 Å². The second-order valence-electron chi connectivity index (χ2n) is 6.73. The Morgan fingerprint density at radius 3 is 2.46 bits per heavy atom. The van der Waals surface area contributed by atoms with Gasteiger partial charge in [0.2, 0.25) is 10.0 Å². The van der Waals surface area contributed by atoms with E-state index in [9.17, 15) is 13.2 Å². The second-order valence-corrected chi connectivity index (χ2v) is 8.93. The minimum absolute atomic E-state index is 0.111. The fourth-order valence-corrected chi connectivity index (χ4v) is 4.55. The first kappa shape index (κ1) is 20.8. The average Bonchev–Trinajstić information content (AvgIpc) is 2.68. The summed E-state index contributed by atoms with van der Waals surface area (Å²) >= 11 is 6.04. The van der Waals surface area contributed by atoms with Crippen molar-refractivity contribution in [2.45, 2.75) is 18.4 Å². The molecule has 1 aliphatic heterocycles. The van der Waals surface area contributed by atoms with E-state index in [0.717, 1.165) is 30.2 Å². The average molecular weight is 422 g/mol. The molecule has 0 unspecified atom stereocenters. The van der Waals surface area contributed by atoms with Crippen LogP contribution in [0.1, 0.15) is 22.8 Å². The van der Waals surface area contributed by atoms with Gasteiger partial charge in [-0.3, -0.25) is 9.69 Å². The van der Waals surface area contributed by atoms with Gasteiger partial charge in [-0.25, -0.2) is 13.1 Å². The molecule has 0 aromatic heterocycles. The molecule has 2 aromatic rings. The number of hydrogen-bond donors (Lipinski definition) is 1. The van der Waals surface area contributed by atoms with E-state index in [2.05, 4.69) is 9.62 Å². The molecule has 1 heterocycles. The van der Waals surface area contributed by atoms with Crippen LogP contribution in [-0.4, -0.2) is 56.8 Å². The number of benzene rings is 2. The van der Waals surface area contributed by atoms with Crippen LogP contribution in [0.2, 0.25) is 5.02 Å². The summed E-state index contributed by atoms with van der Waals surface area (Å²) in [5.41, 5.74) is 1.54. The highest BCUT2D eigenvalue weighted by Crippen LogP contribution is 2.17. The van der Waals surface area contributed by atoms with Gasteiger partial charge in [0.05, 0.1) is 4.90 Å². The number of hydrogen-bond acceptors (Lipinski definition) is 4. The molecular weight excluding hydrogens is 398 g/mol. The lowest BCUT2D eigenvalue weighted by molar-refractivity contribution is 0.0628. The van der Waals surface area contributed by atoms with E-state index in [-0.39, 0.29) is 10.8 Å². The molecule has 1 amide bonds. The molecule has 0 saturated carbocycles. The van der Waals surface area contributed by atoms with E-state index in [1.165, 1.54) is 12.1 Å². The molecule has 1 N–H and O–H groups in total. The Labute approximate surface area is 171 Å². The van der Waals surface area contributed by atoms with E-state index in [1.807, 2.05) is 24.3 Å². The number of nitrogens with one attached hydrogen (secondary N) is 1. The van der Waals surface area contributed by atoms with Crippen molar-refractivity contribution >= 4 is 27.5 Å². The standard InChI is InChI=1S/C20H24ClN3O3S/c1-2-22-28(26,27)19-8-4-6-17(14-19)20(25)24-11-9-23(10-12-24)15-16-5-3-7-18(21)13-16/h3-8,13-14,22H,2,9-12,15H2,1H3. The largest absolute Gasteiger partial charge is 0.336 e. The number of carbonyl (C=O) groups is 1. The Morgan fingerprint density at radius 1 is 1.07 bits per heavy atom. The Kier molecular flexibility index (Phi) is 6.72. The first-order chi connectivity index (χ1) is 13.4.